The van der Waals surface area contributed by atoms with Crippen LogP contribution in [0, 0.1) is 0 Å². The molecule has 0 saturated heterocycles. The third-order valence-corrected chi connectivity index (χ3v) is 9.58. The molecule has 0 N–H and O–H groups in total. The third kappa shape index (κ3) is 8.48. The van der Waals surface area contributed by atoms with Gasteiger partial charge in [-0.25, -0.2) is 13.2 Å². The fourth-order valence-corrected chi connectivity index (χ4v) is 6.32. The number of esters is 1. The highest BCUT2D eigenvalue weighted by atomic mass is 32.2. The molecule has 9 heteroatoms. The minimum atomic E-state index is -5.91. The summed E-state index contributed by atoms with van der Waals surface area (Å²) in [4.78, 5) is 15.8. The van der Waals surface area contributed by atoms with Gasteiger partial charge in [-0.15, -0.1) is 0 Å². The zero-order valence-electron chi connectivity index (χ0n) is 22.9. The summed E-state index contributed by atoms with van der Waals surface area (Å²) in [5.74, 6) is -0.842. The van der Waals surface area contributed by atoms with Crippen molar-refractivity contribution in [2.75, 3.05) is 0 Å². The first-order chi connectivity index (χ1) is 19.5. The van der Waals surface area contributed by atoms with E-state index in [1.54, 1.807) is 12.1 Å². The number of rotatable bonds is 9. The lowest BCUT2D eigenvalue weighted by Gasteiger charge is -2.25. The molecule has 4 aromatic rings. The number of halogens is 2. The van der Waals surface area contributed by atoms with Gasteiger partial charge in [0.05, 0.1) is 16.5 Å². The maximum Gasteiger partial charge on any atom is 0.370 e. The molecular weight excluding hydrogens is 566 g/mol. The zero-order chi connectivity index (χ0) is 30.0. The molecule has 4 rings (SSSR count). The number of benzene rings is 4. The lowest BCUT2D eigenvalue weighted by molar-refractivity contribution is -0.0554. The second-order valence-corrected chi connectivity index (χ2v) is 12.7. The molecule has 2 unspecified atom stereocenters. The van der Waals surface area contributed by atoms with Gasteiger partial charge in [-0.3, -0.25) is 0 Å². The lowest BCUT2D eigenvalue weighted by Crippen LogP contribution is -2.42. The number of carbonyl (C=O) groups excluding carboxylic acids is 1. The Labute approximate surface area is 243 Å². The summed E-state index contributed by atoms with van der Waals surface area (Å²) in [6.45, 7) is 4.65. The van der Waals surface area contributed by atoms with Crippen LogP contribution < -0.4 is 0 Å². The molecule has 0 saturated carbocycles. The first-order valence-corrected chi connectivity index (χ1v) is 15.6. The van der Waals surface area contributed by atoms with E-state index in [2.05, 4.69) is 95.7 Å². The Morgan fingerprint density at radius 2 is 1.17 bits per heavy atom. The highest BCUT2D eigenvalue weighted by Gasteiger charge is 2.46. The van der Waals surface area contributed by atoms with Gasteiger partial charge < -0.3 is 9.29 Å². The van der Waals surface area contributed by atoms with E-state index < -0.39 is 27.4 Å². The third-order valence-electron chi connectivity index (χ3n) is 6.35. The smallest absolute Gasteiger partial charge is 0.370 e. The van der Waals surface area contributed by atoms with Gasteiger partial charge in [-0.05, 0) is 73.4 Å². The Morgan fingerprint density at radius 1 is 0.780 bits per heavy atom. The van der Waals surface area contributed by atoms with Crippen molar-refractivity contribution in [1.82, 2.24) is 0 Å². The van der Waals surface area contributed by atoms with Crippen LogP contribution in [0.3, 0.4) is 0 Å². The molecule has 0 fully saturated rings. The van der Waals surface area contributed by atoms with Gasteiger partial charge in [0, 0.05) is 0 Å². The number of carbonyl (C=O) groups is 1. The summed E-state index contributed by atoms with van der Waals surface area (Å²) in [7, 11) is -5.93. The monoisotopic (exact) mass is 598 g/mol. The first kappa shape index (κ1) is 32.0. The highest BCUT2D eigenvalue weighted by molar-refractivity contribution is 7.97. The molecule has 4 aromatic carbocycles. The quantitative estimate of drug-likeness (QED) is 0.112. The topological polar surface area (TPSA) is 83.5 Å². The summed E-state index contributed by atoms with van der Waals surface area (Å²) in [6.07, 6.45) is -1.48. The van der Waals surface area contributed by atoms with E-state index in [-0.39, 0.29) is 22.4 Å². The van der Waals surface area contributed by atoms with Crippen LogP contribution in [0.1, 0.15) is 49.0 Å². The molecular formula is C32H32F2O5S2. The predicted octanol–water partition coefficient (Wildman–Crippen LogP) is 7.67. The first-order valence-electron chi connectivity index (χ1n) is 13.0. The zero-order valence-corrected chi connectivity index (χ0v) is 24.6. The van der Waals surface area contributed by atoms with Gasteiger partial charge >= 0.3 is 11.2 Å². The second kappa shape index (κ2) is 14.4. The van der Waals surface area contributed by atoms with Crippen molar-refractivity contribution in [3.8, 4) is 0 Å². The van der Waals surface area contributed by atoms with Gasteiger partial charge in [-0.1, -0.05) is 80.6 Å². The van der Waals surface area contributed by atoms with Crippen LogP contribution in [-0.4, -0.2) is 30.3 Å². The maximum absolute atomic E-state index is 13.2. The van der Waals surface area contributed by atoms with E-state index in [1.807, 2.05) is 13.8 Å². The van der Waals surface area contributed by atoms with Crippen molar-refractivity contribution < 1.29 is 31.3 Å². The van der Waals surface area contributed by atoms with Crippen molar-refractivity contribution in [2.24, 2.45) is 0 Å². The molecule has 0 heterocycles. The van der Waals surface area contributed by atoms with Crippen LogP contribution in [0.5, 0.6) is 0 Å². The molecule has 216 valence electrons. The fourth-order valence-electron chi connectivity index (χ4n) is 3.76. The van der Waals surface area contributed by atoms with E-state index >= 15 is 0 Å². The molecule has 0 aliphatic rings. The lowest BCUT2D eigenvalue weighted by atomic mass is 9.98. The molecule has 0 aromatic heterocycles. The molecule has 0 aliphatic heterocycles. The van der Waals surface area contributed by atoms with Gasteiger partial charge in [0.2, 0.25) is 0 Å². The number of hydrogen-bond donors (Lipinski definition) is 0. The minimum absolute atomic E-state index is 0.00185. The average Bonchev–Trinajstić information content (AvgIpc) is 2.98. The van der Waals surface area contributed by atoms with Crippen LogP contribution in [0.2, 0.25) is 0 Å². The Morgan fingerprint density at radius 3 is 1.51 bits per heavy atom. The maximum atomic E-state index is 13.2. The normalized spacial score (nSPS) is 13.0. The van der Waals surface area contributed by atoms with Gasteiger partial charge in [0.1, 0.15) is 0 Å². The van der Waals surface area contributed by atoms with Crippen molar-refractivity contribution in [2.45, 2.75) is 59.2 Å². The van der Waals surface area contributed by atoms with E-state index in [0.717, 1.165) is 12.0 Å². The van der Waals surface area contributed by atoms with Gasteiger partial charge in [0.25, 0.3) is 0 Å². The van der Waals surface area contributed by atoms with Crippen LogP contribution in [0.15, 0.2) is 130 Å². The average molecular weight is 599 g/mol. The summed E-state index contributed by atoms with van der Waals surface area (Å²) in [5, 5.41) is -4.68. The van der Waals surface area contributed by atoms with Crippen molar-refractivity contribution >= 4 is 27.0 Å². The Balaban J connectivity index is 0.000000227. The summed E-state index contributed by atoms with van der Waals surface area (Å²) < 4.78 is 62.3. The minimum Gasteiger partial charge on any atom is -0.743 e. The standard InChI is InChI=1S/C18H15S.C14H18F2O5S/c1-4-10-16(11-5-1)19(17-12-6-2-7-13-17)18-14-8-3-9-15-18;1-4-9(2)11-5-7-12(8-6-11)13(17)21-10(3)14(15,16)22(18,19)20/h1-15H;5-10H,4H2,1-3H3,(H,18,19,20)/q+1;/p-1. The summed E-state index contributed by atoms with van der Waals surface area (Å²) in [6, 6.07) is 38.3. The SMILES string of the molecule is CCC(C)c1ccc(C(=O)OC(C)C(F)(F)S(=O)(=O)[O-])cc1.c1ccc([S+](c2ccccc2)c2ccccc2)cc1. The van der Waals surface area contributed by atoms with Gasteiger partial charge in [0.15, 0.2) is 30.9 Å². The van der Waals surface area contributed by atoms with E-state index in [0.29, 0.717) is 6.92 Å². The summed E-state index contributed by atoms with van der Waals surface area (Å²) >= 11 is 0. The van der Waals surface area contributed by atoms with Crippen LogP contribution >= 0.6 is 0 Å². The van der Waals surface area contributed by atoms with E-state index in [1.165, 1.54) is 26.8 Å². The fraction of sp³-hybridized carbons (Fsp3) is 0.219. The molecule has 5 nitrogen and oxygen atoms in total. The van der Waals surface area contributed by atoms with E-state index in [4.69, 9.17) is 0 Å². The number of alkyl halides is 2. The molecule has 0 bridgehead atoms. The molecule has 2 atom stereocenters. The molecule has 0 spiro atoms. The molecule has 0 aliphatic carbocycles. The Kier molecular flexibility index (Phi) is 11.2. The van der Waals surface area contributed by atoms with E-state index in [9.17, 15) is 26.5 Å². The highest BCUT2D eigenvalue weighted by Crippen LogP contribution is 2.31. The van der Waals surface area contributed by atoms with Crippen molar-refractivity contribution in [3.63, 3.8) is 0 Å². The Bertz CT molecular complexity index is 1390. The van der Waals surface area contributed by atoms with Crippen molar-refractivity contribution in [1.29, 1.82) is 0 Å². The molecule has 41 heavy (non-hydrogen) atoms. The molecule has 0 radical (unpaired) electrons. The second-order valence-electron chi connectivity index (χ2n) is 9.24. The Hall–Kier alpha value is -3.53. The number of ether oxygens (including phenoxy) is 1. The predicted molar refractivity (Wildman–Crippen MR) is 156 cm³/mol. The largest absolute Gasteiger partial charge is 0.743 e. The summed E-state index contributed by atoms with van der Waals surface area (Å²) in [5.41, 5.74) is 0.970. The van der Waals surface area contributed by atoms with Gasteiger partial charge in [-0.2, -0.15) is 8.78 Å². The number of hydrogen-bond acceptors (Lipinski definition) is 5. The molecule has 0 amide bonds. The van der Waals surface area contributed by atoms with Crippen LogP contribution in [-0.2, 0) is 25.7 Å². The van der Waals surface area contributed by atoms with Crippen molar-refractivity contribution in [3.05, 3.63) is 126 Å². The van der Waals surface area contributed by atoms with Crippen LogP contribution in [0.25, 0.3) is 0 Å². The van der Waals surface area contributed by atoms with Crippen LogP contribution in [0.4, 0.5) is 8.78 Å².